The van der Waals surface area contributed by atoms with Crippen molar-refractivity contribution < 1.29 is 14.7 Å². The first-order valence-electron chi connectivity index (χ1n) is 4.58. The van der Waals surface area contributed by atoms with E-state index in [-0.39, 0.29) is 0 Å². The van der Waals surface area contributed by atoms with Crippen molar-refractivity contribution in [2.45, 2.75) is 37.2 Å². The number of hydroxylamine groups is 2. The molecule has 0 saturated carbocycles. The number of nitrogens with zero attached hydrogens (tertiary/aromatic N) is 1. The number of rotatable bonds is 1. The van der Waals surface area contributed by atoms with Gasteiger partial charge in [0.15, 0.2) is 0 Å². The Morgan fingerprint density at radius 1 is 1.69 bits per heavy atom. The van der Waals surface area contributed by atoms with E-state index in [1.165, 1.54) is 0 Å². The first kappa shape index (κ1) is 9.46. The predicted molar refractivity (Wildman–Crippen MR) is 47.2 cm³/mol. The van der Waals surface area contributed by atoms with Crippen molar-refractivity contribution in [2.24, 2.45) is 0 Å². The van der Waals surface area contributed by atoms with E-state index < -0.39 is 23.8 Å². The summed E-state index contributed by atoms with van der Waals surface area (Å²) >= 11 is 0. The van der Waals surface area contributed by atoms with Crippen molar-refractivity contribution in [3.8, 4) is 0 Å². The van der Waals surface area contributed by atoms with Gasteiger partial charge in [-0.05, 0) is 6.42 Å². The Bertz CT molecular complexity index is 212. The molecule has 2 aliphatic heterocycles. The third kappa shape index (κ3) is 1.22. The molecule has 72 valence electrons. The number of likely N-dealkylation sites (N-methyl/N-ethyl adjacent to an activating group) is 1. The third-order valence-corrected chi connectivity index (χ3v) is 2.94. The maximum atomic E-state index is 9.89. The number of aliphatic hydroxyl groups is 1. The van der Waals surface area contributed by atoms with E-state index in [1.807, 2.05) is 14.0 Å². The first-order valence-corrected chi connectivity index (χ1v) is 4.58. The molecular weight excluding hydrogens is 169 g/mol. The molecule has 0 spiro atoms. The fourth-order valence-corrected chi connectivity index (χ4v) is 2.16. The Morgan fingerprint density at radius 3 is 3.00 bits per heavy atom. The molecular formula is C8H14BNO3. The Balaban J connectivity index is 2.26. The lowest BCUT2D eigenvalue weighted by atomic mass is 9.87. The van der Waals surface area contributed by atoms with Crippen LogP contribution >= 0.6 is 0 Å². The van der Waals surface area contributed by atoms with Gasteiger partial charge < -0.3 is 9.84 Å². The van der Waals surface area contributed by atoms with E-state index in [1.54, 1.807) is 5.06 Å². The molecule has 2 radical (unpaired) electrons. The number of fused-ring (bicyclic) bond motifs is 2. The van der Waals surface area contributed by atoms with E-state index in [0.717, 1.165) is 6.42 Å². The molecule has 13 heavy (non-hydrogen) atoms. The molecule has 5 heteroatoms. The van der Waals surface area contributed by atoms with Gasteiger partial charge in [-0.25, -0.2) is 0 Å². The average molecular weight is 183 g/mol. The second-order valence-corrected chi connectivity index (χ2v) is 3.80. The van der Waals surface area contributed by atoms with Crippen molar-refractivity contribution in [3.05, 3.63) is 0 Å². The predicted octanol–water partition coefficient (Wildman–Crippen LogP) is -0.734. The number of hydrogen-bond acceptors (Lipinski definition) is 4. The van der Waals surface area contributed by atoms with Gasteiger partial charge in [-0.3, -0.25) is 4.84 Å². The molecule has 0 aliphatic carbocycles. The lowest BCUT2D eigenvalue weighted by molar-refractivity contribution is -0.250. The van der Waals surface area contributed by atoms with E-state index >= 15 is 0 Å². The normalized spacial score (nSPS) is 51.2. The minimum Gasteiger partial charge on any atom is -0.387 e. The highest BCUT2D eigenvalue weighted by Gasteiger charge is 2.56. The Morgan fingerprint density at radius 2 is 2.38 bits per heavy atom. The highest BCUT2D eigenvalue weighted by atomic mass is 16.7. The van der Waals surface area contributed by atoms with Crippen LogP contribution in [0.1, 0.15) is 13.3 Å². The molecule has 0 amide bonds. The van der Waals surface area contributed by atoms with Crippen molar-refractivity contribution >= 4 is 7.85 Å². The molecule has 2 rings (SSSR count). The van der Waals surface area contributed by atoms with Gasteiger partial charge in [0.1, 0.15) is 25.7 Å². The van der Waals surface area contributed by atoms with Gasteiger partial charge in [0, 0.05) is 13.1 Å². The van der Waals surface area contributed by atoms with Crippen LogP contribution in [-0.4, -0.2) is 55.4 Å². The van der Waals surface area contributed by atoms with Crippen LogP contribution in [0.2, 0.25) is 0 Å². The van der Waals surface area contributed by atoms with Gasteiger partial charge in [-0.1, -0.05) is 6.92 Å². The maximum absolute atomic E-state index is 9.89. The second kappa shape index (κ2) is 2.95. The minimum absolute atomic E-state index is 0.418. The van der Waals surface area contributed by atoms with Gasteiger partial charge in [-0.2, -0.15) is 5.06 Å². The van der Waals surface area contributed by atoms with E-state index in [4.69, 9.17) is 17.4 Å². The molecule has 4 atom stereocenters. The topological polar surface area (TPSA) is 41.9 Å². The highest BCUT2D eigenvalue weighted by Crippen LogP contribution is 2.38. The van der Waals surface area contributed by atoms with Gasteiger partial charge >= 0.3 is 0 Å². The van der Waals surface area contributed by atoms with E-state index in [9.17, 15) is 5.11 Å². The van der Waals surface area contributed by atoms with Gasteiger partial charge in [0.25, 0.3) is 0 Å². The van der Waals surface area contributed by atoms with Crippen LogP contribution in [0.3, 0.4) is 0 Å². The smallest absolute Gasteiger partial charge is 0.125 e. The summed E-state index contributed by atoms with van der Waals surface area (Å²) in [4.78, 5) is 5.36. The zero-order valence-electron chi connectivity index (χ0n) is 7.93. The lowest BCUT2D eigenvalue weighted by Gasteiger charge is -2.39. The third-order valence-electron chi connectivity index (χ3n) is 2.94. The molecule has 4 nitrogen and oxygen atoms in total. The zero-order valence-corrected chi connectivity index (χ0v) is 7.93. The van der Waals surface area contributed by atoms with E-state index in [2.05, 4.69) is 0 Å². The Hall–Kier alpha value is -0.0951. The molecule has 0 aromatic heterocycles. The molecule has 2 saturated heterocycles. The van der Waals surface area contributed by atoms with Gasteiger partial charge in [0.2, 0.25) is 0 Å². The maximum Gasteiger partial charge on any atom is 0.125 e. The van der Waals surface area contributed by atoms with Gasteiger partial charge in [-0.15, -0.1) is 0 Å². The second-order valence-electron chi connectivity index (χ2n) is 3.80. The number of ether oxygens (including phenoxy) is 1. The van der Waals surface area contributed by atoms with Gasteiger partial charge in [0.05, 0.1) is 6.54 Å². The number of aliphatic hydroxyl groups excluding tert-OH is 1. The lowest BCUT2D eigenvalue weighted by Crippen LogP contribution is -2.56. The molecule has 2 heterocycles. The monoisotopic (exact) mass is 183 g/mol. The van der Waals surface area contributed by atoms with Crippen LogP contribution in [0.15, 0.2) is 0 Å². The average Bonchev–Trinajstić information content (AvgIpc) is 2.26. The molecule has 2 aliphatic rings. The minimum atomic E-state index is -0.608. The van der Waals surface area contributed by atoms with Crippen molar-refractivity contribution in [2.75, 3.05) is 13.6 Å². The molecule has 1 N–H and O–H groups in total. The quantitative estimate of drug-likeness (QED) is 0.544. The summed E-state index contributed by atoms with van der Waals surface area (Å²) in [5, 5.41) is 11.6. The summed E-state index contributed by atoms with van der Waals surface area (Å²) in [6.45, 7) is 2.55. The molecule has 1 unspecified atom stereocenters. The van der Waals surface area contributed by atoms with Crippen LogP contribution in [0.4, 0.5) is 0 Å². The van der Waals surface area contributed by atoms with Crippen molar-refractivity contribution in [1.29, 1.82) is 0 Å². The number of hydrogen-bond donors (Lipinski definition) is 1. The summed E-state index contributed by atoms with van der Waals surface area (Å²) in [5.74, 6) is 0. The molecule has 2 bridgehead atoms. The van der Waals surface area contributed by atoms with Crippen molar-refractivity contribution in [3.63, 3.8) is 0 Å². The molecule has 0 aromatic rings. The Labute approximate surface area is 79.2 Å². The summed E-state index contributed by atoms with van der Waals surface area (Å²) < 4.78 is 5.57. The fourth-order valence-electron chi connectivity index (χ4n) is 2.16. The first-order chi connectivity index (χ1) is 6.09. The summed E-state index contributed by atoms with van der Waals surface area (Å²) in [5.41, 5.74) is -0.531. The van der Waals surface area contributed by atoms with Crippen LogP contribution in [0.25, 0.3) is 0 Å². The summed E-state index contributed by atoms with van der Waals surface area (Å²) in [6.07, 6.45) is -0.283. The zero-order chi connectivity index (χ0) is 9.64. The van der Waals surface area contributed by atoms with Crippen molar-refractivity contribution in [1.82, 2.24) is 5.06 Å². The highest BCUT2D eigenvalue weighted by molar-refractivity contribution is 6.11. The SMILES string of the molecule is [B][C@@H]1O[C@@]2(CC)CN(C)OC1[C@H]2O. The molecule has 2 fully saturated rings. The summed E-state index contributed by atoms with van der Waals surface area (Å²) in [7, 11) is 7.52. The Kier molecular flexibility index (Phi) is 2.15. The fraction of sp³-hybridized carbons (Fsp3) is 1.00. The van der Waals surface area contributed by atoms with Crippen LogP contribution in [0, 0.1) is 0 Å². The van der Waals surface area contributed by atoms with Crippen LogP contribution in [-0.2, 0) is 9.57 Å². The van der Waals surface area contributed by atoms with E-state index in [0.29, 0.717) is 6.54 Å². The largest absolute Gasteiger partial charge is 0.387 e. The van der Waals surface area contributed by atoms with Crippen LogP contribution < -0.4 is 0 Å². The summed E-state index contributed by atoms with van der Waals surface area (Å²) in [6, 6.07) is -0.514. The standard InChI is InChI=1S/C8H14BNO3/c1-3-8-4-10(2)13-5(6(8)11)7(9)12-8/h5-7,11H,3-4H2,1-2H3/t5?,6-,7-,8+/m1/s1. The molecule has 0 aromatic carbocycles. The van der Waals surface area contributed by atoms with Crippen LogP contribution in [0.5, 0.6) is 0 Å².